The molecule has 2 aromatic carbocycles. The normalized spacial score (nSPS) is 11.9. The fraction of sp³-hybridized carbons (Fsp3) is 0.0588. The van der Waals surface area contributed by atoms with Gasteiger partial charge < -0.3 is 10.1 Å². The molecule has 0 saturated carbocycles. The van der Waals surface area contributed by atoms with Crippen LogP contribution in [0.25, 0.3) is 21.8 Å². The molecular formula is C17H14N4O. The van der Waals surface area contributed by atoms with Gasteiger partial charge in [0.15, 0.2) is 5.88 Å². The highest BCUT2D eigenvalue weighted by atomic mass is 16.3. The molecule has 0 aliphatic carbocycles. The summed E-state index contributed by atoms with van der Waals surface area (Å²) < 4.78 is 0. The van der Waals surface area contributed by atoms with Crippen molar-refractivity contribution in [1.29, 1.82) is 0 Å². The molecule has 0 radical (unpaired) electrons. The number of aromatic nitrogens is 3. The van der Waals surface area contributed by atoms with E-state index in [9.17, 15) is 5.11 Å². The third-order valence-electron chi connectivity index (χ3n) is 3.82. The maximum absolute atomic E-state index is 10.1. The van der Waals surface area contributed by atoms with Crippen LogP contribution in [0.4, 0.5) is 5.69 Å². The molecule has 0 saturated heterocycles. The summed E-state index contributed by atoms with van der Waals surface area (Å²) in [6.45, 7) is 2.02. The number of hydrogen-bond donors (Lipinski definition) is 3. The summed E-state index contributed by atoms with van der Waals surface area (Å²) in [7, 11) is 0. The van der Waals surface area contributed by atoms with Crippen molar-refractivity contribution in [2.24, 2.45) is 4.99 Å². The Kier molecular flexibility index (Phi) is 2.72. The second-order valence-corrected chi connectivity index (χ2v) is 5.28. The molecule has 3 N–H and O–H groups in total. The molecule has 0 aliphatic heterocycles. The molecule has 22 heavy (non-hydrogen) atoms. The highest BCUT2D eigenvalue weighted by Crippen LogP contribution is 2.29. The molecule has 0 spiro atoms. The van der Waals surface area contributed by atoms with Gasteiger partial charge >= 0.3 is 0 Å². The molecule has 108 valence electrons. The Morgan fingerprint density at radius 2 is 2.09 bits per heavy atom. The third kappa shape index (κ3) is 1.95. The summed E-state index contributed by atoms with van der Waals surface area (Å²) in [5.41, 5.74) is 4.45. The molecule has 5 heteroatoms. The zero-order valence-electron chi connectivity index (χ0n) is 12.0. The van der Waals surface area contributed by atoms with Gasteiger partial charge in [-0.3, -0.25) is 10.1 Å². The fourth-order valence-corrected chi connectivity index (χ4v) is 2.71. The van der Waals surface area contributed by atoms with Gasteiger partial charge in [0.2, 0.25) is 0 Å². The standard InChI is InChI=1S/C17H14N4O/c1-10-3-2-4-14-16(10)13(17(22)20-14)9-18-12-6-5-11-8-19-21-15(11)7-12/h2-9,20,22H,1H3,(H,19,21). The summed E-state index contributed by atoms with van der Waals surface area (Å²) in [5.74, 6) is 0.135. The van der Waals surface area contributed by atoms with Crippen molar-refractivity contribution in [3.05, 3.63) is 53.7 Å². The smallest absolute Gasteiger partial charge is 0.198 e. The number of aryl methyl sites for hydroxylation is 1. The van der Waals surface area contributed by atoms with Gasteiger partial charge in [-0.2, -0.15) is 5.10 Å². The average Bonchev–Trinajstić information content (AvgIpc) is 3.09. The molecule has 0 fully saturated rings. The van der Waals surface area contributed by atoms with Crippen LogP contribution >= 0.6 is 0 Å². The van der Waals surface area contributed by atoms with Gasteiger partial charge in [-0.1, -0.05) is 12.1 Å². The quantitative estimate of drug-likeness (QED) is 0.491. The predicted molar refractivity (Wildman–Crippen MR) is 88.0 cm³/mol. The average molecular weight is 290 g/mol. The number of hydrogen-bond acceptors (Lipinski definition) is 3. The second-order valence-electron chi connectivity index (χ2n) is 5.28. The Bertz CT molecular complexity index is 1010. The Morgan fingerprint density at radius 3 is 3.00 bits per heavy atom. The van der Waals surface area contributed by atoms with Gasteiger partial charge in [0.1, 0.15) is 0 Å². The first-order chi connectivity index (χ1) is 10.7. The van der Waals surface area contributed by atoms with Crippen LogP contribution in [-0.2, 0) is 0 Å². The Morgan fingerprint density at radius 1 is 1.18 bits per heavy atom. The van der Waals surface area contributed by atoms with Crippen molar-refractivity contribution < 1.29 is 5.11 Å². The molecular weight excluding hydrogens is 276 g/mol. The lowest BCUT2D eigenvalue weighted by molar-refractivity contribution is 0.457. The zero-order valence-corrected chi connectivity index (χ0v) is 12.0. The van der Waals surface area contributed by atoms with Crippen LogP contribution in [0.3, 0.4) is 0 Å². The van der Waals surface area contributed by atoms with Crippen molar-refractivity contribution in [2.45, 2.75) is 6.92 Å². The molecule has 0 unspecified atom stereocenters. The van der Waals surface area contributed by atoms with Crippen molar-refractivity contribution in [3.8, 4) is 5.88 Å². The summed E-state index contributed by atoms with van der Waals surface area (Å²) in [5, 5.41) is 19.1. The van der Waals surface area contributed by atoms with E-state index in [2.05, 4.69) is 20.2 Å². The molecule has 2 heterocycles. The maximum atomic E-state index is 10.1. The summed E-state index contributed by atoms with van der Waals surface area (Å²) in [4.78, 5) is 7.46. The van der Waals surface area contributed by atoms with Crippen LogP contribution in [-0.4, -0.2) is 26.5 Å². The Labute approximate surface area is 126 Å². The van der Waals surface area contributed by atoms with E-state index >= 15 is 0 Å². The molecule has 4 rings (SSSR count). The molecule has 0 amide bonds. The van der Waals surface area contributed by atoms with Crippen LogP contribution in [0.15, 0.2) is 47.6 Å². The summed E-state index contributed by atoms with van der Waals surface area (Å²) in [6, 6.07) is 11.7. The fourth-order valence-electron chi connectivity index (χ4n) is 2.71. The van der Waals surface area contributed by atoms with Crippen LogP contribution in [0, 0.1) is 6.92 Å². The number of fused-ring (bicyclic) bond motifs is 2. The monoisotopic (exact) mass is 290 g/mol. The third-order valence-corrected chi connectivity index (χ3v) is 3.82. The van der Waals surface area contributed by atoms with Crippen LogP contribution in [0.2, 0.25) is 0 Å². The number of benzene rings is 2. The summed E-state index contributed by atoms with van der Waals surface area (Å²) in [6.07, 6.45) is 3.47. The highest BCUT2D eigenvalue weighted by Gasteiger charge is 2.10. The minimum absolute atomic E-state index is 0.135. The van der Waals surface area contributed by atoms with E-state index in [0.717, 1.165) is 33.1 Å². The predicted octanol–water partition coefficient (Wildman–Crippen LogP) is 3.81. The number of aromatic amines is 2. The number of aliphatic imine (C=N–C) groups is 1. The minimum atomic E-state index is 0.135. The van der Waals surface area contributed by atoms with Crippen molar-refractivity contribution in [3.63, 3.8) is 0 Å². The van der Waals surface area contributed by atoms with Gasteiger partial charge in [0.25, 0.3) is 0 Å². The number of nitrogens with one attached hydrogen (secondary N) is 2. The summed E-state index contributed by atoms with van der Waals surface area (Å²) >= 11 is 0. The number of aromatic hydroxyl groups is 1. The van der Waals surface area contributed by atoms with E-state index in [1.54, 1.807) is 12.4 Å². The molecule has 0 aliphatic rings. The van der Waals surface area contributed by atoms with Gasteiger partial charge in [0, 0.05) is 22.5 Å². The SMILES string of the molecule is Cc1cccc2[nH]c(O)c(C=Nc3ccc4cn[nH]c4c3)c12. The molecule has 2 aromatic heterocycles. The van der Waals surface area contributed by atoms with E-state index in [4.69, 9.17) is 0 Å². The van der Waals surface area contributed by atoms with Gasteiger partial charge in [0.05, 0.1) is 23.0 Å². The molecule has 5 nitrogen and oxygen atoms in total. The lowest BCUT2D eigenvalue weighted by Crippen LogP contribution is -1.82. The van der Waals surface area contributed by atoms with E-state index in [1.165, 1.54) is 0 Å². The Hall–Kier alpha value is -3.08. The first kappa shape index (κ1) is 12.6. The molecule has 4 aromatic rings. The number of nitrogens with zero attached hydrogens (tertiary/aromatic N) is 2. The minimum Gasteiger partial charge on any atom is -0.494 e. The number of H-pyrrole nitrogens is 2. The lowest BCUT2D eigenvalue weighted by Gasteiger charge is -1.98. The van der Waals surface area contributed by atoms with Gasteiger partial charge in [-0.25, -0.2) is 0 Å². The number of rotatable bonds is 2. The van der Waals surface area contributed by atoms with E-state index < -0.39 is 0 Å². The van der Waals surface area contributed by atoms with Crippen molar-refractivity contribution >= 4 is 33.7 Å². The lowest BCUT2D eigenvalue weighted by atomic mass is 10.1. The van der Waals surface area contributed by atoms with Crippen LogP contribution < -0.4 is 0 Å². The van der Waals surface area contributed by atoms with Crippen molar-refractivity contribution in [1.82, 2.24) is 15.2 Å². The van der Waals surface area contributed by atoms with Gasteiger partial charge in [-0.05, 0) is 36.8 Å². The topological polar surface area (TPSA) is 77.1 Å². The van der Waals surface area contributed by atoms with Crippen LogP contribution in [0.1, 0.15) is 11.1 Å². The zero-order chi connectivity index (χ0) is 15.1. The van der Waals surface area contributed by atoms with E-state index in [-0.39, 0.29) is 5.88 Å². The van der Waals surface area contributed by atoms with Crippen LogP contribution in [0.5, 0.6) is 5.88 Å². The second kappa shape index (κ2) is 4.73. The molecule has 0 atom stereocenters. The van der Waals surface area contributed by atoms with E-state index in [0.29, 0.717) is 5.56 Å². The highest BCUT2D eigenvalue weighted by molar-refractivity contribution is 6.04. The van der Waals surface area contributed by atoms with E-state index in [1.807, 2.05) is 43.3 Å². The molecule has 0 bridgehead atoms. The van der Waals surface area contributed by atoms with Gasteiger partial charge in [-0.15, -0.1) is 0 Å². The van der Waals surface area contributed by atoms with Crippen molar-refractivity contribution in [2.75, 3.05) is 0 Å². The first-order valence-electron chi connectivity index (χ1n) is 7.00. The first-order valence-corrected chi connectivity index (χ1v) is 7.00. The maximum Gasteiger partial charge on any atom is 0.198 e. The Balaban J connectivity index is 1.80. The largest absolute Gasteiger partial charge is 0.494 e.